The molecule has 98 valence electrons. The fourth-order valence-electron chi connectivity index (χ4n) is 1.72. The van der Waals surface area contributed by atoms with Gasteiger partial charge in [0.15, 0.2) is 5.82 Å². The summed E-state index contributed by atoms with van der Waals surface area (Å²) in [6.45, 7) is 4.15. The lowest BCUT2D eigenvalue weighted by Crippen LogP contribution is -2.03. The van der Waals surface area contributed by atoms with E-state index in [0.717, 1.165) is 17.0 Å². The van der Waals surface area contributed by atoms with Crippen molar-refractivity contribution in [2.75, 3.05) is 0 Å². The van der Waals surface area contributed by atoms with Gasteiger partial charge in [-0.15, -0.1) is 0 Å². The van der Waals surface area contributed by atoms with Gasteiger partial charge in [0, 0.05) is 11.3 Å². The molecule has 0 aliphatic carbocycles. The molecule has 0 radical (unpaired) electrons. The van der Waals surface area contributed by atoms with Crippen LogP contribution in [0.5, 0.6) is 5.75 Å². The monoisotopic (exact) mass is 274 g/mol. The normalized spacial score (nSPS) is 10.9. The van der Waals surface area contributed by atoms with E-state index in [1.54, 1.807) is 6.07 Å². The Bertz CT molecular complexity index is 576. The molecule has 0 aliphatic rings. The molecule has 0 spiro atoms. The summed E-state index contributed by atoms with van der Waals surface area (Å²) in [5.74, 6) is 1.39. The summed E-state index contributed by atoms with van der Waals surface area (Å²) in [7, 11) is 0. The Morgan fingerprint density at radius 2 is 2.05 bits per heavy atom. The lowest BCUT2D eigenvalue weighted by Gasteiger charge is -2.08. The smallest absolute Gasteiger partial charge is 0.167 e. The largest absolute Gasteiger partial charge is 0.485 e. The predicted octanol–water partition coefficient (Wildman–Crippen LogP) is 4.05. The van der Waals surface area contributed by atoms with Crippen LogP contribution in [0, 0.1) is 6.92 Å². The Morgan fingerprint density at radius 3 is 2.79 bits per heavy atom. The number of hydrogen-bond donors (Lipinski definition) is 0. The van der Waals surface area contributed by atoms with Crippen LogP contribution in [0.2, 0.25) is 5.15 Å². The number of benzene rings is 1. The van der Waals surface area contributed by atoms with Crippen LogP contribution >= 0.6 is 11.6 Å². The highest BCUT2D eigenvalue weighted by Gasteiger charge is 2.04. The molecule has 2 rings (SSSR count). The second-order valence-electron chi connectivity index (χ2n) is 4.07. The maximum absolute atomic E-state index is 5.90. The van der Waals surface area contributed by atoms with Gasteiger partial charge in [-0.3, -0.25) is 0 Å². The van der Waals surface area contributed by atoms with Crippen LogP contribution < -0.4 is 4.74 Å². The number of halogens is 1. The van der Waals surface area contributed by atoms with Crippen molar-refractivity contribution in [3.05, 3.63) is 58.6 Å². The fraction of sp³-hybridized carbons (Fsp3) is 0.200. The van der Waals surface area contributed by atoms with Gasteiger partial charge in [-0.05, 0) is 26.0 Å². The van der Waals surface area contributed by atoms with Gasteiger partial charge in [-0.1, -0.05) is 42.0 Å². The minimum absolute atomic E-state index is 0.302. The highest BCUT2D eigenvalue weighted by molar-refractivity contribution is 6.29. The molecule has 19 heavy (non-hydrogen) atoms. The molecular weight excluding hydrogens is 260 g/mol. The van der Waals surface area contributed by atoms with E-state index in [4.69, 9.17) is 16.3 Å². The van der Waals surface area contributed by atoms with Crippen LogP contribution in [0.25, 0.3) is 6.08 Å². The first-order valence-corrected chi connectivity index (χ1v) is 6.41. The van der Waals surface area contributed by atoms with Crippen molar-refractivity contribution < 1.29 is 4.74 Å². The zero-order valence-electron chi connectivity index (χ0n) is 10.9. The summed E-state index contributed by atoms with van der Waals surface area (Å²) in [4.78, 5) is 8.42. The minimum Gasteiger partial charge on any atom is -0.485 e. The van der Waals surface area contributed by atoms with Crippen molar-refractivity contribution in [3.8, 4) is 5.75 Å². The van der Waals surface area contributed by atoms with E-state index in [2.05, 4.69) is 9.97 Å². The van der Waals surface area contributed by atoms with Gasteiger partial charge in [0.2, 0.25) is 0 Å². The van der Waals surface area contributed by atoms with E-state index in [9.17, 15) is 0 Å². The second-order valence-corrected chi connectivity index (χ2v) is 4.46. The predicted molar refractivity (Wildman–Crippen MR) is 77.3 cm³/mol. The number of aryl methyl sites for hydroxylation is 1. The van der Waals surface area contributed by atoms with Crippen LogP contribution in [0.1, 0.15) is 24.0 Å². The van der Waals surface area contributed by atoms with Crippen LogP contribution in [-0.4, -0.2) is 9.97 Å². The minimum atomic E-state index is 0.302. The molecular formula is C15H15ClN2O. The summed E-state index contributed by atoms with van der Waals surface area (Å²) >= 11 is 5.90. The van der Waals surface area contributed by atoms with Gasteiger partial charge in [-0.25, -0.2) is 9.97 Å². The lowest BCUT2D eigenvalue weighted by atomic mass is 10.2. The number of ether oxygens (including phenoxy) is 1. The molecule has 0 atom stereocenters. The highest BCUT2D eigenvalue weighted by Crippen LogP contribution is 2.20. The second kappa shape index (κ2) is 6.34. The molecule has 0 fully saturated rings. The summed E-state index contributed by atoms with van der Waals surface area (Å²) in [6, 6.07) is 9.56. The number of nitrogens with zero attached hydrogens (tertiary/aromatic N) is 2. The van der Waals surface area contributed by atoms with Crippen LogP contribution in [-0.2, 0) is 6.61 Å². The third-order valence-electron chi connectivity index (χ3n) is 2.49. The zero-order valence-corrected chi connectivity index (χ0v) is 11.7. The first-order chi connectivity index (χ1) is 9.19. The maximum Gasteiger partial charge on any atom is 0.167 e. The molecule has 1 aromatic heterocycles. The van der Waals surface area contributed by atoms with Gasteiger partial charge in [0.25, 0.3) is 0 Å². The summed E-state index contributed by atoms with van der Waals surface area (Å²) in [6.07, 6.45) is 3.97. The maximum atomic E-state index is 5.90. The van der Waals surface area contributed by atoms with Gasteiger partial charge in [0.05, 0.1) is 0 Å². The molecule has 4 heteroatoms. The lowest BCUT2D eigenvalue weighted by molar-refractivity contribution is 0.295. The number of aromatic nitrogens is 2. The van der Waals surface area contributed by atoms with Crippen LogP contribution in [0.3, 0.4) is 0 Å². The third kappa shape index (κ3) is 3.80. The Labute approximate surface area is 117 Å². The zero-order chi connectivity index (χ0) is 13.7. The molecule has 0 unspecified atom stereocenters. The van der Waals surface area contributed by atoms with Crippen molar-refractivity contribution >= 4 is 17.7 Å². The molecule has 0 amide bonds. The molecule has 1 aromatic carbocycles. The van der Waals surface area contributed by atoms with E-state index in [1.165, 1.54) is 0 Å². The van der Waals surface area contributed by atoms with E-state index in [-0.39, 0.29) is 0 Å². The van der Waals surface area contributed by atoms with Gasteiger partial charge in [-0.2, -0.15) is 0 Å². The molecule has 0 N–H and O–H groups in total. The first kappa shape index (κ1) is 13.6. The number of rotatable bonds is 4. The van der Waals surface area contributed by atoms with E-state index < -0.39 is 0 Å². The molecule has 0 bridgehead atoms. The summed E-state index contributed by atoms with van der Waals surface area (Å²) in [5, 5.41) is 0.438. The van der Waals surface area contributed by atoms with Gasteiger partial charge in [0.1, 0.15) is 17.5 Å². The van der Waals surface area contributed by atoms with Crippen molar-refractivity contribution in [2.24, 2.45) is 0 Å². The van der Waals surface area contributed by atoms with E-state index in [0.29, 0.717) is 17.6 Å². The van der Waals surface area contributed by atoms with Crippen molar-refractivity contribution in [1.82, 2.24) is 9.97 Å². The Morgan fingerprint density at radius 1 is 1.26 bits per heavy atom. The standard InChI is InChI=1S/C15H15ClN2O/c1-3-6-12-7-4-5-8-13(12)19-10-15-17-11(2)9-14(16)18-15/h3-9H,10H2,1-2H3/b6-3+. The van der Waals surface area contributed by atoms with Crippen LogP contribution in [0.4, 0.5) is 0 Å². The summed E-state index contributed by atoms with van der Waals surface area (Å²) in [5.41, 5.74) is 1.86. The summed E-state index contributed by atoms with van der Waals surface area (Å²) < 4.78 is 5.75. The van der Waals surface area contributed by atoms with Crippen molar-refractivity contribution in [2.45, 2.75) is 20.5 Å². The fourth-order valence-corrected chi connectivity index (χ4v) is 1.98. The number of allylic oxidation sites excluding steroid dienone is 1. The van der Waals surface area contributed by atoms with Crippen molar-refractivity contribution in [3.63, 3.8) is 0 Å². The Hall–Kier alpha value is -1.87. The average Bonchev–Trinajstić information content (AvgIpc) is 2.37. The SMILES string of the molecule is C/C=C/c1ccccc1OCc1nc(C)cc(Cl)n1. The quantitative estimate of drug-likeness (QED) is 0.789. The van der Waals surface area contributed by atoms with Crippen molar-refractivity contribution in [1.29, 1.82) is 0 Å². The van der Waals surface area contributed by atoms with Gasteiger partial charge < -0.3 is 4.74 Å². The van der Waals surface area contributed by atoms with Crippen LogP contribution in [0.15, 0.2) is 36.4 Å². The molecule has 1 heterocycles. The topological polar surface area (TPSA) is 35.0 Å². The Kier molecular flexibility index (Phi) is 4.53. The van der Waals surface area contributed by atoms with Gasteiger partial charge >= 0.3 is 0 Å². The highest BCUT2D eigenvalue weighted by atomic mass is 35.5. The Balaban J connectivity index is 2.14. The van der Waals surface area contributed by atoms with E-state index in [1.807, 2.05) is 50.3 Å². The van der Waals surface area contributed by atoms with E-state index >= 15 is 0 Å². The first-order valence-electron chi connectivity index (χ1n) is 6.03. The molecule has 0 saturated heterocycles. The third-order valence-corrected chi connectivity index (χ3v) is 2.68. The molecule has 0 saturated carbocycles. The molecule has 0 aliphatic heterocycles. The molecule has 3 nitrogen and oxygen atoms in total. The average molecular weight is 275 g/mol. The number of hydrogen-bond acceptors (Lipinski definition) is 3. The molecule has 2 aromatic rings. The number of para-hydroxylation sites is 1.